The van der Waals surface area contributed by atoms with Gasteiger partial charge in [0.05, 0.1) is 39.9 Å². The quantitative estimate of drug-likeness (QED) is 0.498. The molecule has 9 nitrogen and oxygen atoms in total. The van der Waals surface area contributed by atoms with Crippen LogP contribution < -0.4 is 24.3 Å². The first-order chi connectivity index (χ1) is 14.6. The lowest BCUT2D eigenvalue weighted by atomic mass is 10.2. The summed E-state index contributed by atoms with van der Waals surface area (Å²) in [5, 5.41) is 10.3. The molecule has 0 aliphatic rings. The van der Waals surface area contributed by atoms with Crippen molar-refractivity contribution in [2.75, 3.05) is 39.5 Å². The van der Waals surface area contributed by atoms with Crippen molar-refractivity contribution < 1.29 is 23.7 Å². The summed E-state index contributed by atoms with van der Waals surface area (Å²) in [6.07, 6.45) is 0. The van der Waals surface area contributed by atoms with E-state index in [4.69, 9.17) is 18.9 Å². The molecule has 2 N–H and O–H groups in total. The van der Waals surface area contributed by atoms with Gasteiger partial charge in [0, 0.05) is 17.7 Å². The Morgan fingerprint density at radius 3 is 2.30 bits per heavy atom. The van der Waals surface area contributed by atoms with Crippen LogP contribution >= 0.6 is 11.8 Å². The molecule has 1 amide bonds. The molecule has 2 aromatic carbocycles. The van der Waals surface area contributed by atoms with Gasteiger partial charge in [-0.2, -0.15) is 0 Å². The minimum Gasteiger partial charge on any atom is -0.497 e. The molecule has 0 aliphatic heterocycles. The predicted molar refractivity (Wildman–Crippen MR) is 114 cm³/mol. The van der Waals surface area contributed by atoms with E-state index in [-0.39, 0.29) is 11.7 Å². The Bertz CT molecular complexity index is 1000. The second kappa shape index (κ2) is 9.88. The number of hydrogen-bond donors (Lipinski definition) is 2. The molecule has 0 saturated carbocycles. The van der Waals surface area contributed by atoms with Crippen molar-refractivity contribution in [3.05, 3.63) is 36.4 Å². The van der Waals surface area contributed by atoms with Gasteiger partial charge in [0.15, 0.2) is 5.82 Å². The fourth-order valence-corrected chi connectivity index (χ4v) is 3.21. The summed E-state index contributed by atoms with van der Waals surface area (Å²) in [5.74, 6) is 2.89. The van der Waals surface area contributed by atoms with E-state index >= 15 is 0 Å². The first kappa shape index (κ1) is 21.3. The van der Waals surface area contributed by atoms with E-state index in [2.05, 4.69) is 20.5 Å². The van der Waals surface area contributed by atoms with Gasteiger partial charge in [-0.25, -0.2) is 4.98 Å². The van der Waals surface area contributed by atoms with Crippen LogP contribution in [0.25, 0.3) is 11.4 Å². The number of anilines is 1. The average Bonchev–Trinajstić information content (AvgIpc) is 3.26. The van der Waals surface area contributed by atoms with E-state index in [1.54, 1.807) is 45.6 Å². The van der Waals surface area contributed by atoms with E-state index in [0.29, 0.717) is 39.7 Å². The second-order valence-electron chi connectivity index (χ2n) is 5.97. The number of carbonyl (C=O) groups excluding carboxylic acids is 1. The van der Waals surface area contributed by atoms with Crippen molar-refractivity contribution in [3.63, 3.8) is 0 Å². The molecule has 1 heterocycles. The summed E-state index contributed by atoms with van der Waals surface area (Å²) < 4.78 is 21.0. The van der Waals surface area contributed by atoms with Crippen LogP contribution in [0.1, 0.15) is 0 Å². The number of thioether (sulfide) groups is 1. The highest BCUT2D eigenvalue weighted by molar-refractivity contribution is 7.99. The zero-order valence-corrected chi connectivity index (χ0v) is 17.8. The summed E-state index contributed by atoms with van der Waals surface area (Å²) in [5.41, 5.74) is 1.29. The van der Waals surface area contributed by atoms with Gasteiger partial charge in [0.25, 0.3) is 0 Å². The molecule has 0 bridgehead atoms. The number of aromatic nitrogens is 3. The van der Waals surface area contributed by atoms with Crippen molar-refractivity contribution in [2.24, 2.45) is 0 Å². The van der Waals surface area contributed by atoms with Crippen molar-refractivity contribution in [1.82, 2.24) is 15.2 Å². The van der Waals surface area contributed by atoms with E-state index in [9.17, 15) is 4.79 Å². The highest BCUT2D eigenvalue weighted by Crippen LogP contribution is 2.30. The van der Waals surface area contributed by atoms with Gasteiger partial charge in [-0.05, 0) is 24.3 Å². The summed E-state index contributed by atoms with van der Waals surface area (Å²) in [6, 6.07) is 10.6. The lowest BCUT2D eigenvalue weighted by Gasteiger charge is -2.11. The van der Waals surface area contributed by atoms with E-state index < -0.39 is 0 Å². The summed E-state index contributed by atoms with van der Waals surface area (Å²) in [6.45, 7) is 0. The highest BCUT2D eigenvalue weighted by Gasteiger charge is 2.13. The number of nitrogens with zero attached hydrogens (tertiary/aromatic N) is 2. The summed E-state index contributed by atoms with van der Waals surface area (Å²) in [7, 11) is 6.25. The van der Waals surface area contributed by atoms with E-state index in [1.807, 2.05) is 12.1 Å². The molecule has 0 atom stereocenters. The van der Waals surface area contributed by atoms with Gasteiger partial charge in [0.1, 0.15) is 23.0 Å². The number of aromatic amines is 1. The molecule has 0 unspecified atom stereocenters. The molecule has 30 heavy (non-hydrogen) atoms. The van der Waals surface area contributed by atoms with Crippen LogP contribution in [0.2, 0.25) is 0 Å². The van der Waals surface area contributed by atoms with Crippen LogP contribution in [-0.4, -0.2) is 55.3 Å². The normalized spacial score (nSPS) is 10.4. The summed E-state index contributed by atoms with van der Waals surface area (Å²) in [4.78, 5) is 16.8. The van der Waals surface area contributed by atoms with Gasteiger partial charge >= 0.3 is 0 Å². The monoisotopic (exact) mass is 430 g/mol. The van der Waals surface area contributed by atoms with Crippen LogP contribution in [0.3, 0.4) is 0 Å². The Morgan fingerprint density at radius 1 is 0.967 bits per heavy atom. The molecule has 10 heteroatoms. The lowest BCUT2D eigenvalue weighted by Crippen LogP contribution is -2.15. The zero-order valence-electron chi connectivity index (χ0n) is 17.0. The third-order valence-electron chi connectivity index (χ3n) is 4.10. The molecule has 0 saturated heterocycles. The largest absolute Gasteiger partial charge is 0.497 e. The average molecular weight is 430 g/mol. The number of nitrogens with one attached hydrogen (secondary N) is 2. The van der Waals surface area contributed by atoms with Gasteiger partial charge < -0.3 is 24.3 Å². The number of methoxy groups -OCH3 is 4. The molecular weight excluding hydrogens is 408 g/mol. The Balaban J connectivity index is 1.65. The van der Waals surface area contributed by atoms with Crippen LogP contribution in [0.5, 0.6) is 23.0 Å². The molecule has 3 rings (SSSR count). The first-order valence-electron chi connectivity index (χ1n) is 8.86. The Kier molecular flexibility index (Phi) is 7.02. The minimum absolute atomic E-state index is 0.124. The zero-order chi connectivity index (χ0) is 21.5. The number of carbonyl (C=O) groups is 1. The Labute approximate surface area is 178 Å². The highest BCUT2D eigenvalue weighted by atomic mass is 32.2. The number of amides is 1. The first-order valence-corrected chi connectivity index (χ1v) is 9.85. The number of H-pyrrole nitrogens is 1. The van der Waals surface area contributed by atoms with Crippen LogP contribution in [0, 0.1) is 0 Å². The molecule has 158 valence electrons. The Morgan fingerprint density at radius 2 is 1.67 bits per heavy atom. The van der Waals surface area contributed by atoms with Crippen molar-refractivity contribution >= 4 is 23.4 Å². The van der Waals surface area contributed by atoms with Crippen molar-refractivity contribution in [1.29, 1.82) is 0 Å². The molecular formula is C20H22N4O5S. The maximum Gasteiger partial charge on any atom is 0.234 e. The number of benzene rings is 2. The molecule has 0 radical (unpaired) electrons. The van der Waals surface area contributed by atoms with Gasteiger partial charge in [-0.1, -0.05) is 11.8 Å². The third-order valence-corrected chi connectivity index (χ3v) is 4.95. The van der Waals surface area contributed by atoms with Crippen molar-refractivity contribution in [2.45, 2.75) is 5.16 Å². The predicted octanol–water partition coefficient (Wildman–Crippen LogP) is 3.24. The number of rotatable bonds is 9. The lowest BCUT2D eigenvalue weighted by molar-refractivity contribution is -0.113. The molecule has 1 aromatic heterocycles. The van der Waals surface area contributed by atoms with Gasteiger partial charge in [0.2, 0.25) is 11.1 Å². The van der Waals surface area contributed by atoms with Crippen LogP contribution in [0.4, 0.5) is 5.69 Å². The molecule has 0 aliphatic carbocycles. The van der Waals surface area contributed by atoms with Gasteiger partial charge in [-0.15, -0.1) is 5.10 Å². The van der Waals surface area contributed by atoms with Crippen molar-refractivity contribution in [3.8, 4) is 34.4 Å². The molecule has 0 spiro atoms. The van der Waals surface area contributed by atoms with E-state index in [1.165, 1.54) is 18.9 Å². The summed E-state index contributed by atoms with van der Waals surface area (Å²) >= 11 is 1.21. The number of ether oxygens (including phenoxy) is 4. The standard InChI is InChI=1S/C20H22N4O5S/c1-26-13-5-6-17(29-4)16(10-13)21-18(25)11-30-20-22-19(23-24-20)12-7-14(27-2)9-15(8-12)28-3/h5-10H,11H2,1-4H3,(H,21,25)(H,22,23,24). The number of hydrogen-bond acceptors (Lipinski definition) is 8. The smallest absolute Gasteiger partial charge is 0.234 e. The molecule has 0 fully saturated rings. The third kappa shape index (κ3) is 5.15. The second-order valence-corrected chi connectivity index (χ2v) is 6.91. The SMILES string of the molecule is COc1cc(OC)cc(-c2nc(SCC(=O)Nc3cc(OC)ccc3OC)n[nH]2)c1. The Hall–Kier alpha value is -3.40. The maximum absolute atomic E-state index is 12.4. The fraction of sp³-hybridized carbons (Fsp3) is 0.250. The minimum atomic E-state index is -0.221. The van der Waals surface area contributed by atoms with E-state index in [0.717, 1.165) is 5.56 Å². The maximum atomic E-state index is 12.4. The van der Waals surface area contributed by atoms with Crippen LogP contribution in [-0.2, 0) is 4.79 Å². The fourth-order valence-electron chi connectivity index (χ4n) is 2.61. The van der Waals surface area contributed by atoms with Crippen LogP contribution in [0.15, 0.2) is 41.6 Å². The van der Waals surface area contributed by atoms with Gasteiger partial charge in [-0.3, -0.25) is 9.89 Å². The molecule has 3 aromatic rings. The topological polar surface area (TPSA) is 108 Å².